The highest BCUT2D eigenvalue weighted by Gasteiger charge is 2.34. The van der Waals surface area contributed by atoms with Crippen LogP contribution in [0, 0.1) is 32.5 Å². The van der Waals surface area contributed by atoms with Crippen molar-refractivity contribution in [3.8, 4) is 0 Å². The van der Waals surface area contributed by atoms with Gasteiger partial charge in [-0.3, -0.25) is 4.79 Å². The lowest BCUT2D eigenvalue weighted by Crippen LogP contribution is -2.42. The monoisotopic (exact) mass is 473 g/mol. The number of aryl methyl sites for hydroxylation is 3. The number of carbonyl (C=O) groups is 1. The maximum atomic E-state index is 14.6. The Bertz CT molecular complexity index is 1130. The second kappa shape index (κ2) is 9.43. The summed E-state index contributed by atoms with van der Waals surface area (Å²) in [5, 5.41) is 2.81. The lowest BCUT2D eigenvalue weighted by Gasteiger charge is -2.32. The smallest absolute Gasteiger partial charge is 0.243 e. The summed E-state index contributed by atoms with van der Waals surface area (Å²) in [4.78, 5) is 15.5. The quantitative estimate of drug-likeness (QED) is 0.699. The Balaban J connectivity index is 1.45. The molecular formula is C25H32FN3O3S. The van der Waals surface area contributed by atoms with Crippen LogP contribution in [0.2, 0.25) is 0 Å². The van der Waals surface area contributed by atoms with Crippen molar-refractivity contribution in [3.05, 3.63) is 52.8 Å². The zero-order valence-electron chi connectivity index (χ0n) is 19.5. The fourth-order valence-corrected chi connectivity index (χ4v) is 7.03. The van der Waals surface area contributed by atoms with E-state index >= 15 is 0 Å². The van der Waals surface area contributed by atoms with Gasteiger partial charge in [-0.1, -0.05) is 23.8 Å². The molecule has 0 radical (unpaired) electrons. The average molecular weight is 474 g/mol. The summed E-state index contributed by atoms with van der Waals surface area (Å²) in [5.41, 5.74) is 3.44. The fraction of sp³-hybridized carbons (Fsp3) is 0.480. The van der Waals surface area contributed by atoms with E-state index in [4.69, 9.17) is 0 Å². The average Bonchev–Trinajstić information content (AvgIpc) is 3.29. The maximum absolute atomic E-state index is 14.6. The molecule has 178 valence electrons. The van der Waals surface area contributed by atoms with E-state index in [1.165, 1.54) is 10.4 Å². The molecule has 0 aliphatic carbocycles. The molecule has 2 saturated heterocycles. The van der Waals surface area contributed by atoms with E-state index in [1.54, 1.807) is 6.07 Å². The number of benzene rings is 2. The van der Waals surface area contributed by atoms with E-state index in [9.17, 15) is 17.6 Å². The van der Waals surface area contributed by atoms with E-state index in [0.717, 1.165) is 42.6 Å². The number of nitrogens with zero attached hydrogens (tertiary/aromatic N) is 2. The molecule has 2 aromatic carbocycles. The highest BCUT2D eigenvalue weighted by atomic mass is 32.2. The number of sulfonamides is 1. The van der Waals surface area contributed by atoms with Crippen LogP contribution in [-0.2, 0) is 14.8 Å². The summed E-state index contributed by atoms with van der Waals surface area (Å²) in [7, 11) is -3.64. The lowest BCUT2D eigenvalue weighted by atomic mass is 9.97. The third kappa shape index (κ3) is 4.77. The largest absolute Gasteiger partial charge is 0.370 e. The van der Waals surface area contributed by atoms with Crippen LogP contribution < -0.4 is 10.2 Å². The minimum absolute atomic E-state index is 0.227. The van der Waals surface area contributed by atoms with Crippen LogP contribution in [-0.4, -0.2) is 44.8 Å². The second-order valence-electron chi connectivity index (χ2n) is 9.22. The molecular weight excluding hydrogens is 441 g/mol. The molecule has 1 amide bonds. The van der Waals surface area contributed by atoms with Crippen LogP contribution in [0.15, 0.2) is 35.2 Å². The Hall–Kier alpha value is -2.45. The minimum Gasteiger partial charge on any atom is -0.370 e. The molecule has 8 heteroatoms. The van der Waals surface area contributed by atoms with Gasteiger partial charge in [0, 0.05) is 32.1 Å². The Labute approximate surface area is 195 Å². The van der Waals surface area contributed by atoms with Gasteiger partial charge in [0.05, 0.1) is 10.6 Å². The molecule has 2 aromatic rings. The van der Waals surface area contributed by atoms with Crippen LogP contribution in [0.4, 0.5) is 15.8 Å². The van der Waals surface area contributed by atoms with E-state index in [2.05, 4.69) is 10.2 Å². The molecule has 2 heterocycles. The fourth-order valence-electron chi connectivity index (χ4n) is 5.14. The summed E-state index contributed by atoms with van der Waals surface area (Å²) in [6.07, 6.45) is 2.92. The van der Waals surface area contributed by atoms with Crippen molar-refractivity contribution in [1.29, 1.82) is 0 Å². The maximum Gasteiger partial charge on any atom is 0.243 e. The third-order valence-corrected chi connectivity index (χ3v) is 8.92. The number of para-hydroxylation sites is 1. The lowest BCUT2D eigenvalue weighted by molar-refractivity contribution is -0.120. The number of anilines is 2. The Morgan fingerprint density at radius 2 is 1.61 bits per heavy atom. The van der Waals surface area contributed by atoms with E-state index in [1.807, 2.05) is 39.0 Å². The SMILES string of the molecule is Cc1cc(C)c(S(=O)(=O)N2CCC(C(=O)Nc3c(F)cccc3N3CCCC3)CC2)c(C)c1. The van der Waals surface area contributed by atoms with Gasteiger partial charge in [-0.05, 0) is 69.7 Å². The number of amides is 1. The Morgan fingerprint density at radius 3 is 2.21 bits per heavy atom. The number of rotatable bonds is 5. The van der Waals surface area contributed by atoms with Gasteiger partial charge in [0.15, 0.2) is 0 Å². The topological polar surface area (TPSA) is 69.7 Å². The van der Waals surface area contributed by atoms with E-state index < -0.39 is 15.8 Å². The molecule has 2 fully saturated rings. The second-order valence-corrected chi connectivity index (χ2v) is 11.1. The normalized spacial score (nSPS) is 18.0. The van der Waals surface area contributed by atoms with E-state index in [-0.39, 0.29) is 30.6 Å². The number of hydrogen-bond donors (Lipinski definition) is 1. The zero-order chi connectivity index (χ0) is 23.8. The van der Waals surface area contributed by atoms with Crippen molar-refractivity contribution >= 4 is 27.3 Å². The summed E-state index contributed by atoms with van der Waals surface area (Å²) in [5.74, 6) is -1.05. The molecule has 0 aromatic heterocycles. The Morgan fingerprint density at radius 1 is 1.00 bits per heavy atom. The van der Waals surface area contributed by atoms with Gasteiger partial charge in [-0.25, -0.2) is 12.8 Å². The van der Waals surface area contributed by atoms with Crippen molar-refractivity contribution in [1.82, 2.24) is 4.31 Å². The first-order valence-corrected chi connectivity index (χ1v) is 13.0. The van der Waals surface area contributed by atoms with Crippen LogP contribution in [0.25, 0.3) is 0 Å². The van der Waals surface area contributed by atoms with Crippen LogP contribution in [0.1, 0.15) is 42.4 Å². The molecule has 0 spiro atoms. The van der Waals surface area contributed by atoms with Crippen molar-refractivity contribution in [3.63, 3.8) is 0 Å². The van der Waals surface area contributed by atoms with Crippen LogP contribution in [0.5, 0.6) is 0 Å². The zero-order valence-corrected chi connectivity index (χ0v) is 20.3. The van der Waals surface area contributed by atoms with Crippen molar-refractivity contribution in [2.24, 2.45) is 5.92 Å². The summed E-state index contributed by atoms with van der Waals surface area (Å²) in [6, 6.07) is 8.62. The first kappa shape index (κ1) is 23.7. The predicted octanol–water partition coefficient (Wildman–Crippen LogP) is 4.39. The van der Waals surface area contributed by atoms with Gasteiger partial charge in [0.1, 0.15) is 11.5 Å². The first-order chi connectivity index (χ1) is 15.7. The van der Waals surface area contributed by atoms with Gasteiger partial charge in [0.25, 0.3) is 0 Å². The standard InChI is InChI=1S/C25H32FN3O3S/c1-17-15-18(2)24(19(3)16-17)33(31,32)29-13-9-20(10-14-29)25(30)27-23-21(26)7-6-8-22(23)28-11-4-5-12-28/h6-8,15-16,20H,4-5,9-14H2,1-3H3,(H,27,30). The van der Waals surface area contributed by atoms with Crippen LogP contribution >= 0.6 is 0 Å². The number of halogens is 1. The number of piperidine rings is 1. The van der Waals surface area contributed by atoms with Gasteiger partial charge in [-0.2, -0.15) is 4.31 Å². The number of nitrogens with one attached hydrogen (secondary N) is 1. The molecule has 0 atom stereocenters. The highest BCUT2D eigenvalue weighted by Crippen LogP contribution is 2.33. The van der Waals surface area contributed by atoms with Gasteiger partial charge < -0.3 is 10.2 Å². The molecule has 2 aliphatic heterocycles. The highest BCUT2D eigenvalue weighted by molar-refractivity contribution is 7.89. The summed E-state index contributed by atoms with van der Waals surface area (Å²) >= 11 is 0. The van der Waals surface area contributed by atoms with E-state index in [0.29, 0.717) is 23.4 Å². The third-order valence-electron chi connectivity index (χ3n) is 6.71. The van der Waals surface area contributed by atoms with Gasteiger partial charge >= 0.3 is 0 Å². The minimum atomic E-state index is -3.64. The molecule has 4 rings (SSSR count). The first-order valence-electron chi connectivity index (χ1n) is 11.6. The number of hydrogen-bond acceptors (Lipinski definition) is 4. The van der Waals surface area contributed by atoms with Gasteiger partial charge in [-0.15, -0.1) is 0 Å². The number of carbonyl (C=O) groups excluding carboxylic acids is 1. The molecule has 6 nitrogen and oxygen atoms in total. The van der Waals surface area contributed by atoms with Crippen molar-refractivity contribution in [2.45, 2.75) is 51.3 Å². The molecule has 1 N–H and O–H groups in total. The molecule has 0 saturated carbocycles. The van der Waals surface area contributed by atoms with Gasteiger partial charge in [0.2, 0.25) is 15.9 Å². The Kier molecular flexibility index (Phi) is 6.77. The molecule has 0 bridgehead atoms. The van der Waals surface area contributed by atoms with Crippen molar-refractivity contribution in [2.75, 3.05) is 36.4 Å². The summed E-state index contributed by atoms with van der Waals surface area (Å²) < 4.78 is 42.7. The molecule has 2 aliphatic rings. The molecule has 0 unspecified atom stereocenters. The molecule has 33 heavy (non-hydrogen) atoms. The predicted molar refractivity (Wildman–Crippen MR) is 129 cm³/mol. The summed E-state index contributed by atoms with van der Waals surface area (Å²) in [6.45, 7) is 7.82. The van der Waals surface area contributed by atoms with Crippen LogP contribution in [0.3, 0.4) is 0 Å². The van der Waals surface area contributed by atoms with Crippen molar-refractivity contribution < 1.29 is 17.6 Å².